The normalized spacial score (nSPS) is 15.8. The van der Waals surface area contributed by atoms with Crippen LogP contribution in [0.1, 0.15) is 17.4 Å². The first kappa shape index (κ1) is 19.8. The summed E-state index contributed by atoms with van der Waals surface area (Å²) in [6, 6.07) is 24.3. The first-order chi connectivity index (χ1) is 16.1. The van der Waals surface area contributed by atoms with Crippen LogP contribution in [0, 0.1) is 0 Å². The van der Waals surface area contributed by atoms with Gasteiger partial charge in [-0.1, -0.05) is 72.8 Å². The highest BCUT2D eigenvalue weighted by molar-refractivity contribution is 5.97. The van der Waals surface area contributed by atoms with Crippen molar-refractivity contribution in [3.05, 3.63) is 105 Å². The number of hydrogen-bond donors (Lipinski definition) is 0. The van der Waals surface area contributed by atoms with E-state index in [4.69, 9.17) is 4.74 Å². The Balaban J connectivity index is 1.78. The smallest absolute Gasteiger partial charge is 0.331 e. The van der Waals surface area contributed by atoms with Crippen molar-refractivity contribution in [2.24, 2.45) is 14.1 Å². The molecule has 0 spiro atoms. The molecular formula is C27H23N3O3. The molecule has 0 unspecified atom stereocenters. The Morgan fingerprint density at radius 2 is 1.58 bits per heavy atom. The highest BCUT2D eigenvalue weighted by atomic mass is 16.5. The van der Waals surface area contributed by atoms with Gasteiger partial charge < -0.3 is 9.30 Å². The third-order valence-electron chi connectivity index (χ3n) is 6.71. The number of hydrogen-bond acceptors (Lipinski definition) is 3. The first-order valence-electron chi connectivity index (χ1n) is 11.0. The van der Waals surface area contributed by atoms with Gasteiger partial charge in [-0.05, 0) is 21.9 Å². The molecule has 2 aromatic heterocycles. The van der Waals surface area contributed by atoms with Crippen LogP contribution in [0.3, 0.4) is 0 Å². The molecule has 164 valence electrons. The van der Waals surface area contributed by atoms with Crippen LogP contribution < -0.4 is 11.2 Å². The van der Waals surface area contributed by atoms with Crippen molar-refractivity contribution < 1.29 is 4.74 Å². The van der Waals surface area contributed by atoms with Gasteiger partial charge in [0.15, 0.2) is 0 Å². The average molecular weight is 437 g/mol. The number of aryl methyl sites for hydroxylation is 1. The van der Waals surface area contributed by atoms with E-state index in [2.05, 4.69) is 28.8 Å². The van der Waals surface area contributed by atoms with E-state index >= 15 is 0 Å². The predicted octanol–water partition coefficient (Wildman–Crippen LogP) is 3.98. The van der Waals surface area contributed by atoms with E-state index in [0.29, 0.717) is 24.1 Å². The van der Waals surface area contributed by atoms with Crippen LogP contribution in [0.15, 0.2) is 82.4 Å². The quantitative estimate of drug-likeness (QED) is 0.420. The fraction of sp³-hybridized carbons (Fsp3) is 0.185. The van der Waals surface area contributed by atoms with E-state index in [1.54, 1.807) is 11.6 Å². The number of rotatable bonds is 2. The highest BCUT2D eigenvalue weighted by Gasteiger charge is 2.33. The Kier molecular flexibility index (Phi) is 4.38. The van der Waals surface area contributed by atoms with Gasteiger partial charge in [0.1, 0.15) is 6.10 Å². The molecule has 0 radical (unpaired) electrons. The lowest BCUT2D eigenvalue weighted by molar-refractivity contribution is 0.0487. The Hall–Kier alpha value is -3.90. The third-order valence-corrected chi connectivity index (χ3v) is 6.71. The molecule has 1 aliphatic rings. The molecule has 0 N–H and O–H groups in total. The van der Waals surface area contributed by atoms with Gasteiger partial charge in [-0.2, -0.15) is 0 Å². The Morgan fingerprint density at radius 3 is 2.39 bits per heavy atom. The summed E-state index contributed by atoms with van der Waals surface area (Å²) in [4.78, 5) is 26.4. The van der Waals surface area contributed by atoms with Crippen molar-refractivity contribution in [3.63, 3.8) is 0 Å². The molecule has 1 aliphatic heterocycles. The topological polar surface area (TPSA) is 58.2 Å². The molecule has 3 heterocycles. The Bertz CT molecular complexity index is 1650. The van der Waals surface area contributed by atoms with Crippen LogP contribution in [-0.4, -0.2) is 20.3 Å². The summed E-state index contributed by atoms with van der Waals surface area (Å²) in [7, 11) is 3.27. The summed E-state index contributed by atoms with van der Waals surface area (Å²) < 4.78 is 11.3. The lowest BCUT2D eigenvalue weighted by Crippen LogP contribution is -2.37. The van der Waals surface area contributed by atoms with E-state index in [0.717, 1.165) is 33.3 Å². The van der Waals surface area contributed by atoms with Gasteiger partial charge in [-0.3, -0.25) is 13.9 Å². The van der Waals surface area contributed by atoms with E-state index in [-0.39, 0.29) is 11.2 Å². The molecule has 6 heteroatoms. The van der Waals surface area contributed by atoms with Crippen LogP contribution in [0.4, 0.5) is 0 Å². The zero-order chi connectivity index (χ0) is 22.7. The molecule has 0 amide bonds. The third kappa shape index (κ3) is 2.77. The lowest BCUT2D eigenvalue weighted by atomic mass is 9.97. The van der Waals surface area contributed by atoms with Gasteiger partial charge in [0, 0.05) is 20.6 Å². The second kappa shape index (κ2) is 7.32. The molecule has 33 heavy (non-hydrogen) atoms. The summed E-state index contributed by atoms with van der Waals surface area (Å²) >= 11 is 0. The lowest BCUT2D eigenvalue weighted by Gasteiger charge is -2.28. The van der Waals surface area contributed by atoms with Crippen molar-refractivity contribution in [2.45, 2.75) is 12.6 Å². The standard InChI is InChI=1S/C27H23N3O3/c1-28-23-21(26(31)29(2)27(28)32)22(18-10-4-3-5-11-18)30-15-16-33-25(24(23)30)20-14-8-12-17-9-6-7-13-19(17)20/h3-14,25H,15-16H2,1-2H3/t25-/m1/s1. The molecule has 1 atom stereocenters. The monoisotopic (exact) mass is 437 g/mol. The molecule has 5 aromatic rings. The van der Waals surface area contributed by atoms with E-state index < -0.39 is 6.10 Å². The molecule has 0 bridgehead atoms. The van der Waals surface area contributed by atoms with Gasteiger partial charge in [-0.25, -0.2) is 4.79 Å². The van der Waals surface area contributed by atoms with Crippen LogP contribution in [0.2, 0.25) is 0 Å². The fourth-order valence-corrected chi connectivity index (χ4v) is 5.19. The second-order valence-electron chi connectivity index (χ2n) is 8.50. The summed E-state index contributed by atoms with van der Waals surface area (Å²) in [6.45, 7) is 1.11. The van der Waals surface area contributed by atoms with Crippen LogP contribution in [0.25, 0.3) is 32.9 Å². The largest absolute Gasteiger partial charge is 0.365 e. The van der Waals surface area contributed by atoms with Crippen molar-refractivity contribution in [3.8, 4) is 11.3 Å². The first-order valence-corrected chi connectivity index (χ1v) is 11.0. The zero-order valence-electron chi connectivity index (χ0n) is 18.5. The maximum absolute atomic E-state index is 13.5. The van der Waals surface area contributed by atoms with Crippen LogP contribution in [0.5, 0.6) is 0 Å². The SMILES string of the molecule is Cn1c(=O)c2c(-c3ccccc3)n3c(c2n(C)c1=O)[C@@H](c1cccc2ccccc12)OCC3. The number of fused-ring (bicyclic) bond motifs is 4. The molecule has 0 fully saturated rings. The molecule has 0 saturated carbocycles. The van der Waals surface area contributed by atoms with Gasteiger partial charge in [0.25, 0.3) is 5.56 Å². The predicted molar refractivity (Wildman–Crippen MR) is 130 cm³/mol. The maximum atomic E-state index is 13.5. The summed E-state index contributed by atoms with van der Waals surface area (Å²) in [5.41, 5.74) is 3.67. The van der Waals surface area contributed by atoms with E-state index in [1.807, 2.05) is 48.5 Å². The number of nitrogens with zero attached hydrogens (tertiary/aromatic N) is 3. The van der Waals surface area contributed by atoms with Crippen molar-refractivity contribution in [2.75, 3.05) is 6.61 Å². The minimum Gasteiger partial charge on any atom is -0.365 e. The second-order valence-corrected chi connectivity index (χ2v) is 8.50. The zero-order valence-corrected chi connectivity index (χ0v) is 18.5. The highest BCUT2D eigenvalue weighted by Crippen LogP contribution is 2.42. The minimum atomic E-state index is -0.400. The number of benzene rings is 3. The minimum absolute atomic E-state index is 0.287. The van der Waals surface area contributed by atoms with Crippen molar-refractivity contribution in [1.82, 2.24) is 13.7 Å². The van der Waals surface area contributed by atoms with Crippen molar-refractivity contribution >= 4 is 21.7 Å². The van der Waals surface area contributed by atoms with Gasteiger partial charge >= 0.3 is 5.69 Å². The molecule has 6 nitrogen and oxygen atoms in total. The Morgan fingerprint density at radius 1 is 0.848 bits per heavy atom. The van der Waals surface area contributed by atoms with Gasteiger partial charge in [0.2, 0.25) is 0 Å². The van der Waals surface area contributed by atoms with Crippen LogP contribution >= 0.6 is 0 Å². The van der Waals surface area contributed by atoms with Gasteiger partial charge in [-0.15, -0.1) is 0 Å². The molecule has 0 saturated heterocycles. The molecule has 0 aliphatic carbocycles. The van der Waals surface area contributed by atoms with Crippen molar-refractivity contribution in [1.29, 1.82) is 0 Å². The number of aromatic nitrogens is 3. The van der Waals surface area contributed by atoms with E-state index in [1.165, 1.54) is 11.6 Å². The average Bonchev–Trinajstić information content (AvgIpc) is 3.22. The van der Waals surface area contributed by atoms with Crippen LogP contribution in [-0.2, 0) is 25.4 Å². The summed E-state index contributed by atoms with van der Waals surface area (Å²) in [5, 5.41) is 2.78. The maximum Gasteiger partial charge on any atom is 0.331 e. The summed E-state index contributed by atoms with van der Waals surface area (Å²) in [6.07, 6.45) is -0.400. The fourth-order valence-electron chi connectivity index (χ4n) is 5.19. The molecule has 6 rings (SSSR count). The molecular weight excluding hydrogens is 414 g/mol. The Labute approximate surface area is 189 Å². The number of ether oxygens (including phenoxy) is 1. The van der Waals surface area contributed by atoms with Gasteiger partial charge in [0.05, 0.1) is 28.9 Å². The van der Waals surface area contributed by atoms with E-state index in [9.17, 15) is 9.59 Å². The molecule has 3 aromatic carbocycles. The summed E-state index contributed by atoms with van der Waals surface area (Å²) in [5.74, 6) is 0.